The van der Waals surface area contributed by atoms with Crippen LogP contribution in [0.2, 0.25) is 0 Å². The fourth-order valence-electron chi connectivity index (χ4n) is 3.01. The highest BCUT2D eigenvalue weighted by Gasteiger charge is 2.26. The number of nitrogens with zero attached hydrogens (tertiary/aromatic N) is 3. The van der Waals surface area contributed by atoms with Crippen molar-refractivity contribution >= 4 is 29.5 Å². The lowest BCUT2D eigenvalue weighted by molar-refractivity contribution is -0.137. The first-order valence-electron chi connectivity index (χ1n) is 9.19. The lowest BCUT2D eigenvalue weighted by Gasteiger charge is -2.30. The minimum absolute atomic E-state index is 0.201. The zero-order valence-electron chi connectivity index (χ0n) is 16.0. The molecule has 10 heteroatoms. The third-order valence-electron chi connectivity index (χ3n) is 4.60. The Bertz CT molecular complexity index is 892. The van der Waals surface area contributed by atoms with Crippen LogP contribution in [0, 0.1) is 12.8 Å². The van der Waals surface area contributed by atoms with Crippen molar-refractivity contribution in [1.29, 1.82) is 0 Å². The second kappa shape index (κ2) is 9.55. The number of nitrogens with two attached hydrogens (primary N) is 1. The van der Waals surface area contributed by atoms with Gasteiger partial charge < -0.3 is 19.9 Å². The van der Waals surface area contributed by atoms with E-state index in [2.05, 4.69) is 10.1 Å². The van der Waals surface area contributed by atoms with Gasteiger partial charge in [0.2, 0.25) is 11.8 Å². The van der Waals surface area contributed by atoms with Gasteiger partial charge in [0.15, 0.2) is 12.4 Å². The summed E-state index contributed by atoms with van der Waals surface area (Å²) in [6.45, 7) is 2.25. The van der Waals surface area contributed by atoms with Crippen molar-refractivity contribution in [3.63, 3.8) is 0 Å². The molecule has 2 N–H and O–H groups in total. The average molecular weight is 418 g/mol. The van der Waals surface area contributed by atoms with Gasteiger partial charge in [0.1, 0.15) is 0 Å². The molecule has 1 aromatic carbocycles. The summed E-state index contributed by atoms with van der Waals surface area (Å²) < 4.78 is 10.3. The molecule has 0 atom stereocenters. The zero-order chi connectivity index (χ0) is 20.8. The molecule has 2 heterocycles. The number of aromatic nitrogens is 2. The number of thioether (sulfide) groups is 1. The molecule has 154 valence electrons. The molecule has 3 rings (SSSR count). The fourth-order valence-corrected chi connectivity index (χ4v) is 3.89. The number of primary amides is 1. The number of carbonyl (C=O) groups is 3. The summed E-state index contributed by atoms with van der Waals surface area (Å²) in [4.78, 5) is 42.4. The normalized spacial score (nSPS) is 14.6. The van der Waals surface area contributed by atoms with E-state index < -0.39 is 5.97 Å². The third kappa shape index (κ3) is 5.57. The molecule has 0 saturated carbocycles. The van der Waals surface area contributed by atoms with E-state index in [1.54, 1.807) is 30.0 Å². The van der Waals surface area contributed by atoms with Gasteiger partial charge in [-0.15, -0.1) is 11.8 Å². The van der Waals surface area contributed by atoms with Crippen LogP contribution in [-0.4, -0.2) is 52.5 Å². The Balaban J connectivity index is 1.53. The van der Waals surface area contributed by atoms with E-state index in [9.17, 15) is 14.4 Å². The van der Waals surface area contributed by atoms with Crippen LogP contribution in [0.5, 0.6) is 0 Å². The molecule has 0 unspecified atom stereocenters. The number of rotatable bonds is 7. The Labute approximate surface area is 172 Å². The number of amides is 2. The fraction of sp³-hybridized carbons (Fsp3) is 0.421. The lowest BCUT2D eigenvalue weighted by Crippen LogP contribution is -2.43. The molecule has 9 nitrogen and oxygen atoms in total. The van der Waals surface area contributed by atoms with E-state index in [0.717, 1.165) is 0 Å². The molecule has 1 aliphatic rings. The van der Waals surface area contributed by atoms with Crippen molar-refractivity contribution in [3.05, 3.63) is 41.5 Å². The predicted molar refractivity (Wildman–Crippen MR) is 104 cm³/mol. The highest BCUT2D eigenvalue weighted by Crippen LogP contribution is 2.26. The number of esters is 1. The smallest absolute Gasteiger partial charge is 0.339 e. The van der Waals surface area contributed by atoms with Crippen molar-refractivity contribution in [2.75, 3.05) is 19.7 Å². The number of likely N-dealkylation sites (tertiary alicyclic amines) is 1. The van der Waals surface area contributed by atoms with Gasteiger partial charge in [0.05, 0.1) is 11.3 Å². The Morgan fingerprint density at radius 1 is 1.28 bits per heavy atom. The average Bonchev–Trinajstić information content (AvgIpc) is 3.15. The second-order valence-electron chi connectivity index (χ2n) is 6.65. The van der Waals surface area contributed by atoms with Gasteiger partial charge in [-0.25, -0.2) is 4.79 Å². The quantitative estimate of drug-likeness (QED) is 0.530. The topological polar surface area (TPSA) is 129 Å². The van der Waals surface area contributed by atoms with Crippen LogP contribution in [-0.2, 0) is 20.1 Å². The Morgan fingerprint density at radius 3 is 2.66 bits per heavy atom. The molecule has 1 aliphatic heterocycles. The van der Waals surface area contributed by atoms with Crippen LogP contribution in [0.3, 0.4) is 0 Å². The van der Waals surface area contributed by atoms with E-state index in [1.165, 1.54) is 11.8 Å². The molecule has 0 aliphatic carbocycles. The van der Waals surface area contributed by atoms with E-state index in [1.807, 2.05) is 6.07 Å². The number of benzene rings is 1. The van der Waals surface area contributed by atoms with Crippen LogP contribution < -0.4 is 5.73 Å². The van der Waals surface area contributed by atoms with E-state index in [-0.39, 0.29) is 24.3 Å². The number of piperidine rings is 1. The van der Waals surface area contributed by atoms with Gasteiger partial charge in [-0.2, -0.15) is 4.98 Å². The monoisotopic (exact) mass is 418 g/mol. The van der Waals surface area contributed by atoms with Gasteiger partial charge in [-0.05, 0) is 31.9 Å². The highest BCUT2D eigenvalue weighted by atomic mass is 32.2. The zero-order valence-corrected chi connectivity index (χ0v) is 16.8. The number of ether oxygens (including phenoxy) is 1. The van der Waals surface area contributed by atoms with E-state index >= 15 is 0 Å². The molecule has 0 bridgehead atoms. The summed E-state index contributed by atoms with van der Waals surface area (Å²) in [5.41, 5.74) is 5.67. The van der Waals surface area contributed by atoms with Crippen LogP contribution in [0.15, 0.2) is 33.7 Å². The van der Waals surface area contributed by atoms with Crippen LogP contribution in [0.1, 0.15) is 34.9 Å². The van der Waals surface area contributed by atoms with Gasteiger partial charge in [-0.3, -0.25) is 9.59 Å². The lowest BCUT2D eigenvalue weighted by atomic mass is 9.96. The van der Waals surface area contributed by atoms with Crippen molar-refractivity contribution < 1.29 is 23.6 Å². The molecule has 0 spiro atoms. The molecular formula is C19H22N4O5S. The van der Waals surface area contributed by atoms with Gasteiger partial charge in [0, 0.05) is 23.9 Å². The van der Waals surface area contributed by atoms with Crippen LogP contribution in [0.4, 0.5) is 0 Å². The first-order chi connectivity index (χ1) is 13.9. The summed E-state index contributed by atoms with van der Waals surface area (Å²) in [6.07, 6.45) is 1.06. The Hall–Kier alpha value is -2.88. The number of hydrogen-bond donors (Lipinski definition) is 1. The summed E-state index contributed by atoms with van der Waals surface area (Å²) in [5.74, 6) is 0.0278. The highest BCUT2D eigenvalue weighted by molar-refractivity contribution is 7.98. The van der Waals surface area contributed by atoms with E-state index in [0.29, 0.717) is 53.9 Å². The van der Waals surface area contributed by atoms with Crippen molar-refractivity contribution in [2.24, 2.45) is 11.7 Å². The van der Waals surface area contributed by atoms with Crippen molar-refractivity contribution in [2.45, 2.75) is 30.4 Å². The van der Waals surface area contributed by atoms with Crippen LogP contribution in [0.25, 0.3) is 0 Å². The van der Waals surface area contributed by atoms with Gasteiger partial charge in [-0.1, -0.05) is 17.3 Å². The minimum atomic E-state index is -0.574. The molecule has 1 fully saturated rings. The standard InChI is InChI=1S/C19H22N4O5S/c1-12-21-16(28-22-12)11-29-15-5-3-2-4-14(15)19(26)27-10-17(24)23-8-6-13(7-9-23)18(20)25/h2-5,13H,6-11H2,1H3,(H2,20,25). The predicted octanol–water partition coefficient (Wildman–Crippen LogP) is 1.55. The maximum atomic E-state index is 12.5. The maximum absolute atomic E-state index is 12.5. The number of aryl methyl sites for hydroxylation is 1. The molecule has 1 aromatic heterocycles. The minimum Gasteiger partial charge on any atom is -0.452 e. The van der Waals surface area contributed by atoms with Crippen LogP contribution >= 0.6 is 11.8 Å². The van der Waals surface area contributed by atoms with E-state index in [4.69, 9.17) is 15.0 Å². The molecule has 0 radical (unpaired) electrons. The van der Waals surface area contributed by atoms with Crippen molar-refractivity contribution in [3.8, 4) is 0 Å². The third-order valence-corrected chi connectivity index (χ3v) is 5.66. The molecule has 29 heavy (non-hydrogen) atoms. The molecular weight excluding hydrogens is 396 g/mol. The SMILES string of the molecule is Cc1noc(CSc2ccccc2C(=O)OCC(=O)N2CCC(C(N)=O)CC2)n1. The van der Waals surface area contributed by atoms with Gasteiger partial charge >= 0.3 is 5.97 Å². The Kier molecular flexibility index (Phi) is 6.86. The maximum Gasteiger partial charge on any atom is 0.339 e. The van der Waals surface area contributed by atoms with Gasteiger partial charge in [0.25, 0.3) is 5.91 Å². The largest absolute Gasteiger partial charge is 0.452 e. The summed E-state index contributed by atoms with van der Waals surface area (Å²) >= 11 is 1.37. The second-order valence-corrected chi connectivity index (χ2v) is 7.67. The molecule has 1 saturated heterocycles. The summed E-state index contributed by atoms with van der Waals surface area (Å²) in [7, 11) is 0. The molecule has 2 amide bonds. The summed E-state index contributed by atoms with van der Waals surface area (Å²) in [5, 5.41) is 3.74. The molecule has 2 aromatic rings. The van der Waals surface area contributed by atoms with Crippen molar-refractivity contribution in [1.82, 2.24) is 15.0 Å². The number of hydrogen-bond acceptors (Lipinski definition) is 8. The first kappa shape index (κ1) is 20.8. The first-order valence-corrected chi connectivity index (χ1v) is 10.2. The number of carbonyl (C=O) groups excluding carboxylic acids is 3. The summed E-state index contributed by atoms with van der Waals surface area (Å²) in [6, 6.07) is 6.98. The Morgan fingerprint density at radius 2 is 2.00 bits per heavy atom.